The molecule has 0 aromatic carbocycles. The Bertz CT molecular complexity index is 168. The van der Waals surface area contributed by atoms with Crippen molar-refractivity contribution in [2.24, 2.45) is 5.92 Å². The summed E-state index contributed by atoms with van der Waals surface area (Å²) in [6.45, 7) is 2.22. The summed E-state index contributed by atoms with van der Waals surface area (Å²) >= 11 is 0. The first-order valence-electron chi connectivity index (χ1n) is 3.63. The molecule has 1 nitrogen and oxygen atoms in total. The van der Waals surface area contributed by atoms with E-state index in [4.69, 9.17) is 6.42 Å². The lowest BCUT2D eigenvalue weighted by atomic mass is 10.1. The number of rotatable bonds is 3. The zero-order chi connectivity index (χ0) is 9.78. The molecule has 0 aromatic heterocycles. The van der Waals surface area contributed by atoms with Gasteiger partial charge in [-0.3, -0.25) is 0 Å². The summed E-state index contributed by atoms with van der Waals surface area (Å²) in [5.41, 5.74) is 0. The predicted octanol–water partition coefficient (Wildman–Crippen LogP) is 1.75. The van der Waals surface area contributed by atoms with Crippen molar-refractivity contribution >= 4 is 0 Å². The molecule has 1 atom stereocenters. The molecule has 70 valence electrons. The van der Waals surface area contributed by atoms with Crippen molar-refractivity contribution in [3.05, 3.63) is 0 Å². The Kier molecular flexibility index (Phi) is 4.11. The molecule has 4 heteroatoms. The van der Waals surface area contributed by atoms with Gasteiger partial charge in [0.1, 0.15) is 5.92 Å². The van der Waals surface area contributed by atoms with Crippen molar-refractivity contribution in [2.45, 2.75) is 13.1 Å². The predicted molar refractivity (Wildman–Crippen MR) is 41.5 cm³/mol. The van der Waals surface area contributed by atoms with Crippen LogP contribution in [0.4, 0.5) is 13.2 Å². The first-order valence-corrected chi connectivity index (χ1v) is 3.63. The van der Waals surface area contributed by atoms with Gasteiger partial charge in [0.25, 0.3) is 0 Å². The van der Waals surface area contributed by atoms with Gasteiger partial charge in [0.2, 0.25) is 0 Å². The van der Waals surface area contributed by atoms with E-state index in [-0.39, 0.29) is 6.54 Å². The van der Waals surface area contributed by atoms with Gasteiger partial charge < -0.3 is 4.90 Å². The minimum Gasteiger partial charge on any atom is -0.305 e. The molecular weight excluding hydrogens is 167 g/mol. The second-order valence-corrected chi connectivity index (χ2v) is 2.62. The number of terminal acetylenes is 1. The Morgan fingerprint density at radius 3 is 2.25 bits per heavy atom. The minimum atomic E-state index is -4.28. The lowest BCUT2D eigenvalue weighted by Gasteiger charge is -2.20. The third-order valence-corrected chi connectivity index (χ3v) is 1.63. The van der Waals surface area contributed by atoms with Gasteiger partial charge >= 0.3 is 6.18 Å². The Balaban J connectivity index is 4.12. The van der Waals surface area contributed by atoms with Gasteiger partial charge in [-0.05, 0) is 13.6 Å². The van der Waals surface area contributed by atoms with Crippen LogP contribution in [-0.2, 0) is 0 Å². The Hall–Kier alpha value is -0.690. The van der Waals surface area contributed by atoms with Crippen molar-refractivity contribution in [1.29, 1.82) is 0 Å². The van der Waals surface area contributed by atoms with E-state index in [0.29, 0.717) is 6.54 Å². The van der Waals surface area contributed by atoms with Gasteiger partial charge in [-0.15, -0.1) is 6.42 Å². The van der Waals surface area contributed by atoms with Gasteiger partial charge in [0.05, 0.1) is 0 Å². The van der Waals surface area contributed by atoms with Crippen LogP contribution in [-0.4, -0.2) is 31.2 Å². The standard InChI is InChI=1S/C8H12F3N/c1-4-7(8(9,10)11)6-12(3)5-2/h1,7H,5-6H2,2-3H3. The van der Waals surface area contributed by atoms with E-state index in [2.05, 4.69) is 0 Å². The van der Waals surface area contributed by atoms with E-state index in [0.717, 1.165) is 0 Å². The second-order valence-electron chi connectivity index (χ2n) is 2.62. The van der Waals surface area contributed by atoms with E-state index in [9.17, 15) is 13.2 Å². The molecule has 0 spiro atoms. The SMILES string of the molecule is C#CC(CN(C)CC)C(F)(F)F. The van der Waals surface area contributed by atoms with Crippen LogP contribution in [0.15, 0.2) is 0 Å². The summed E-state index contributed by atoms with van der Waals surface area (Å²) < 4.78 is 36.1. The molecule has 0 saturated heterocycles. The van der Waals surface area contributed by atoms with E-state index < -0.39 is 12.1 Å². The number of hydrogen-bond acceptors (Lipinski definition) is 1. The van der Waals surface area contributed by atoms with Crippen LogP contribution in [0.25, 0.3) is 0 Å². The third kappa shape index (κ3) is 3.63. The first-order chi connectivity index (χ1) is 5.41. The van der Waals surface area contributed by atoms with E-state index in [1.165, 1.54) is 4.90 Å². The average Bonchev–Trinajstić information content (AvgIpc) is 1.97. The summed E-state index contributed by atoms with van der Waals surface area (Å²) in [4.78, 5) is 1.54. The highest BCUT2D eigenvalue weighted by molar-refractivity contribution is 4.98. The summed E-state index contributed by atoms with van der Waals surface area (Å²) in [6.07, 6.45) is 0.486. The Morgan fingerprint density at radius 2 is 2.00 bits per heavy atom. The van der Waals surface area contributed by atoms with Crippen LogP contribution in [0.2, 0.25) is 0 Å². The van der Waals surface area contributed by atoms with E-state index >= 15 is 0 Å². The van der Waals surface area contributed by atoms with Crippen LogP contribution in [0, 0.1) is 18.3 Å². The molecule has 0 fully saturated rings. The molecule has 12 heavy (non-hydrogen) atoms. The lowest BCUT2D eigenvalue weighted by Crippen LogP contribution is -2.33. The Morgan fingerprint density at radius 1 is 1.50 bits per heavy atom. The highest BCUT2D eigenvalue weighted by atomic mass is 19.4. The van der Waals surface area contributed by atoms with Crippen LogP contribution < -0.4 is 0 Å². The third-order valence-electron chi connectivity index (χ3n) is 1.63. The Labute approximate surface area is 70.5 Å². The summed E-state index contributed by atoms with van der Waals surface area (Å²) in [5.74, 6) is 0.0900. The van der Waals surface area contributed by atoms with Crippen molar-refractivity contribution in [3.63, 3.8) is 0 Å². The van der Waals surface area contributed by atoms with Crippen molar-refractivity contribution in [3.8, 4) is 12.3 Å². The highest BCUT2D eigenvalue weighted by Crippen LogP contribution is 2.25. The number of nitrogens with zero attached hydrogens (tertiary/aromatic N) is 1. The summed E-state index contributed by atoms with van der Waals surface area (Å²) in [5, 5.41) is 0. The highest BCUT2D eigenvalue weighted by Gasteiger charge is 2.38. The fourth-order valence-electron chi connectivity index (χ4n) is 0.691. The topological polar surface area (TPSA) is 3.24 Å². The number of hydrogen-bond donors (Lipinski definition) is 0. The monoisotopic (exact) mass is 179 g/mol. The van der Waals surface area contributed by atoms with Crippen molar-refractivity contribution in [1.82, 2.24) is 4.90 Å². The molecule has 0 amide bonds. The second kappa shape index (κ2) is 4.36. The molecule has 0 bridgehead atoms. The molecule has 0 rings (SSSR count). The molecule has 0 N–H and O–H groups in total. The lowest BCUT2D eigenvalue weighted by molar-refractivity contribution is -0.161. The van der Waals surface area contributed by atoms with Gasteiger partial charge in [0.15, 0.2) is 0 Å². The normalized spacial score (nSPS) is 14.4. The van der Waals surface area contributed by atoms with Crippen LogP contribution in [0.5, 0.6) is 0 Å². The molecule has 0 saturated carbocycles. The fourth-order valence-corrected chi connectivity index (χ4v) is 0.691. The first kappa shape index (κ1) is 11.3. The zero-order valence-electron chi connectivity index (χ0n) is 7.15. The maximum Gasteiger partial charge on any atom is 0.403 e. The molecule has 0 radical (unpaired) electrons. The maximum absolute atomic E-state index is 12.0. The smallest absolute Gasteiger partial charge is 0.305 e. The van der Waals surface area contributed by atoms with Gasteiger partial charge in [0, 0.05) is 6.54 Å². The number of alkyl halides is 3. The van der Waals surface area contributed by atoms with E-state index in [1.54, 1.807) is 19.9 Å². The van der Waals surface area contributed by atoms with E-state index in [1.807, 2.05) is 0 Å². The van der Waals surface area contributed by atoms with Gasteiger partial charge in [-0.2, -0.15) is 13.2 Å². The average molecular weight is 179 g/mol. The van der Waals surface area contributed by atoms with Crippen molar-refractivity contribution in [2.75, 3.05) is 20.1 Å². The largest absolute Gasteiger partial charge is 0.403 e. The van der Waals surface area contributed by atoms with Crippen molar-refractivity contribution < 1.29 is 13.2 Å². The number of halogens is 3. The fraction of sp³-hybridized carbons (Fsp3) is 0.750. The van der Waals surface area contributed by atoms with Crippen LogP contribution >= 0.6 is 0 Å². The molecule has 0 aliphatic carbocycles. The molecule has 0 aromatic rings. The molecule has 0 aliphatic heterocycles. The summed E-state index contributed by atoms with van der Waals surface area (Å²) in [7, 11) is 1.61. The van der Waals surface area contributed by atoms with Gasteiger partial charge in [-0.25, -0.2) is 0 Å². The molecular formula is C8H12F3N. The molecule has 0 aliphatic rings. The maximum atomic E-state index is 12.0. The summed E-state index contributed by atoms with van der Waals surface area (Å²) in [6, 6.07) is 0. The molecule has 0 heterocycles. The quantitative estimate of drug-likeness (QED) is 0.596. The van der Waals surface area contributed by atoms with Crippen LogP contribution in [0.3, 0.4) is 0 Å². The van der Waals surface area contributed by atoms with Crippen LogP contribution in [0.1, 0.15) is 6.92 Å². The van der Waals surface area contributed by atoms with Gasteiger partial charge in [-0.1, -0.05) is 12.8 Å². The molecule has 1 unspecified atom stereocenters. The zero-order valence-corrected chi connectivity index (χ0v) is 7.15. The minimum absolute atomic E-state index is 0.128.